The van der Waals surface area contributed by atoms with Crippen molar-refractivity contribution in [2.45, 2.75) is 12.7 Å². The number of nitrogens with zero attached hydrogens (tertiary/aromatic N) is 2. The van der Waals surface area contributed by atoms with E-state index in [0.29, 0.717) is 16.7 Å². The number of anilines is 1. The van der Waals surface area contributed by atoms with Gasteiger partial charge >= 0.3 is 12.2 Å². The highest BCUT2D eigenvalue weighted by molar-refractivity contribution is 6.32. The Morgan fingerprint density at radius 2 is 1.96 bits per heavy atom. The lowest BCUT2D eigenvalue weighted by Gasteiger charge is -2.28. The molecule has 1 aromatic heterocycles. The molecule has 7 nitrogen and oxygen atoms in total. The second-order valence-electron chi connectivity index (χ2n) is 5.56. The van der Waals surface area contributed by atoms with Gasteiger partial charge < -0.3 is 4.42 Å². The van der Waals surface area contributed by atoms with Crippen molar-refractivity contribution in [3.63, 3.8) is 0 Å². The maximum absolute atomic E-state index is 12.9. The summed E-state index contributed by atoms with van der Waals surface area (Å²) in [7, 11) is 0. The van der Waals surface area contributed by atoms with Crippen molar-refractivity contribution in [2.24, 2.45) is 10.9 Å². The van der Waals surface area contributed by atoms with E-state index < -0.39 is 35.5 Å². The maximum atomic E-state index is 12.9. The Hall–Kier alpha value is -3.43. The SMILES string of the molecule is O=C1NC(=O)N(c2cccc(C(F)(F)F)c2)C(=O)[C@@H]1C=NCc1ccco1. The third kappa shape index (κ3) is 3.89. The molecule has 140 valence electrons. The highest BCUT2D eigenvalue weighted by atomic mass is 19.4. The lowest BCUT2D eigenvalue weighted by Crippen LogP contribution is -2.58. The van der Waals surface area contributed by atoms with Gasteiger partial charge in [-0.15, -0.1) is 0 Å². The summed E-state index contributed by atoms with van der Waals surface area (Å²) < 4.78 is 43.7. The van der Waals surface area contributed by atoms with Crippen LogP contribution in [-0.2, 0) is 22.3 Å². The van der Waals surface area contributed by atoms with Gasteiger partial charge in [0.15, 0.2) is 5.92 Å². The van der Waals surface area contributed by atoms with Crippen LogP contribution in [0.2, 0.25) is 0 Å². The first-order chi connectivity index (χ1) is 12.8. The predicted octanol–water partition coefficient (Wildman–Crippen LogP) is 2.77. The van der Waals surface area contributed by atoms with Gasteiger partial charge in [-0.3, -0.25) is 19.9 Å². The van der Waals surface area contributed by atoms with Gasteiger partial charge in [-0.2, -0.15) is 13.2 Å². The number of furan rings is 1. The average molecular weight is 379 g/mol. The minimum atomic E-state index is -4.65. The number of barbiturate groups is 1. The highest BCUT2D eigenvalue weighted by Crippen LogP contribution is 2.32. The molecule has 10 heteroatoms. The molecule has 27 heavy (non-hydrogen) atoms. The van der Waals surface area contributed by atoms with Crippen LogP contribution in [0.3, 0.4) is 0 Å². The molecule has 2 heterocycles. The fourth-order valence-electron chi connectivity index (χ4n) is 2.44. The van der Waals surface area contributed by atoms with Crippen LogP contribution < -0.4 is 10.2 Å². The number of alkyl halides is 3. The lowest BCUT2D eigenvalue weighted by atomic mass is 10.1. The van der Waals surface area contributed by atoms with Crippen LogP contribution in [0, 0.1) is 5.92 Å². The van der Waals surface area contributed by atoms with Crippen LogP contribution in [-0.4, -0.2) is 24.1 Å². The third-order valence-electron chi connectivity index (χ3n) is 3.72. The molecule has 1 aromatic carbocycles. The number of aliphatic imine (C=N–C) groups is 1. The zero-order valence-corrected chi connectivity index (χ0v) is 13.6. The van der Waals surface area contributed by atoms with E-state index in [1.54, 1.807) is 12.1 Å². The van der Waals surface area contributed by atoms with Crippen molar-refractivity contribution in [1.82, 2.24) is 5.32 Å². The molecule has 3 rings (SSSR count). The van der Waals surface area contributed by atoms with E-state index in [4.69, 9.17) is 4.42 Å². The molecule has 0 saturated carbocycles. The van der Waals surface area contributed by atoms with Gasteiger partial charge in [0.1, 0.15) is 5.76 Å². The van der Waals surface area contributed by atoms with Gasteiger partial charge in [-0.25, -0.2) is 9.69 Å². The second-order valence-corrected chi connectivity index (χ2v) is 5.56. The monoisotopic (exact) mass is 379 g/mol. The Balaban J connectivity index is 1.85. The van der Waals surface area contributed by atoms with E-state index in [9.17, 15) is 27.6 Å². The Bertz CT molecular complexity index is 906. The van der Waals surface area contributed by atoms with Crippen LogP contribution in [0.25, 0.3) is 0 Å². The van der Waals surface area contributed by atoms with Crippen LogP contribution in [0.5, 0.6) is 0 Å². The Morgan fingerprint density at radius 3 is 2.63 bits per heavy atom. The highest BCUT2D eigenvalue weighted by Gasteiger charge is 2.41. The molecular formula is C17H12F3N3O4. The fraction of sp³-hybridized carbons (Fsp3) is 0.176. The summed E-state index contributed by atoms with van der Waals surface area (Å²) in [4.78, 5) is 40.9. The van der Waals surface area contributed by atoms with Crippen LogP contribution in [0.15, 0.2) is 52.1 Å². The van der Waals surface area contributed by atoms with Gasteiger partial charge in [0.2, 0.25) is 5.91 Å². The van der Waals surface area contributed by atoms with E-state index in [0.717, 1.165) is 18.3 Å². The largest absolute Gasteiger partial charge is 0.467 e. The number of carbonyl (C=O) groups is 3. The van der Waals surface area contributed by atoms with Crippen LogP contribution in [0.1, 0.15) is 11.3 Å². The molecule has 1 aliphatic rings. The molecule has 2 aromatic rings. The fourth-order valence-corrected chi connectivity index (χ4v) is 2.44. The van der Waals surface area contributed by atoms with E-state index in [1.165, 1.54) is 12.3 Å². The topological polar surface area (TPSA) is 92.0 Å². The van der Waals surface area contributed by atoms with E-state index >= 15 is 0 Å². The number of rotatable bonds is 4. The zero-order chi connectivity index (χ0) is 19.6. The molecular weight excluding hydrogens is 367 g/mol. The number of imide groups is 2. The summed E-state index contributed by atoms with van der Waals surface area (Å²) in [6, 6.07) is 5.85. The number of nitrogens with one attached hydrogen (secondary N) is 1. The normalized spacial score (nSPS) is 18.3. The minimum Gasteiger partial charge on any atom is -0.467 e. The quantitative estimate of drug-likeness (QED) is 0.653. The summed E-state index contributed by atoms with van der Waals surface area (Å²) in [5.74, 6) is -2.87. The predicted molar refractivity (Wildman–Crippen MR) is 86.9 cm³/mol. The summed E-state index contributed by atoms with van der Waals surface area (Å²) in [5.41, 5.74) is -1.33. The van der Waals surface area contributed by atoms with Crippen molar-refractivity contribution < 1.29 is 32.0 Å². The summed E-state index contributed by atoms with van der Waals surface area (Å²) in [6.45, 7) is 0.0571. The Labute approximate surface area is 150 Å². The van der Waals surface area contributed by atoms with E-state index in [2.05, 4.69) is 4.99 Å². The second kappa shape index (κ2) is 7.06. The molecule has 0 unspecified atom stereocenters. The minimum absolute atomic E-state index is 0.0571. The smallest absolute Gasteiger partial charge is 0.416 e. The molecule has 1 aliphatic heterocycles. The third-order valence-corrected chi connectivity index (χ3v) is 3.72. The molecule has 1 N–H and O–H groups in total. The van der Waals surface area contributed by atoms with Crippen LogP contribution in [0.4, 0.5) is 23.7 Å². The summed E-state index contributed by atoms with van der Waals surface area (Å²) in [5, 5.41) is 1.94. The molecule has 1 fully saturated rings. The molecule has 1 atom stereocenters. The number of amides is 4. The Kier molecular flexibility index (Phi) is 4.80. The molecule has 4 amide bonds. The number of urea groups is 1. The number of hydrogen-bond donors (Lipinski definition) is 1. The Morgan fingerprint density at radius 1 is 1.19 bits per heavy atom. The summed E-state index contributed by atoms with van der Waals surface area (Å²) in [6.07, 6.45) is -2.18. The zero-order valence-electron chi connectivity index (χ0n) is 13.6. The molecule has 0 radical (unpaired) electrons. The molecule has 0 spiro atoms. The van der Waals surface area contributed by atoms with E-state index in [1.807, 2.05) is 5.32 Å². The van der Waals surface area contributed by atoms with E-state index in [-0.39, 0.29) is 12.2 Å². The van der Waals surface area contributed by atoms with Crippen molar-refractivity contribution >= 4 is 29.7 Å². The van der Waals surface area contributed by atoms with Crippen molar-refractivity contribution in [2.75, 3.05) is 4.90 Å². The van der Waals surface area contributed by atoms with Gasteiger partial charge in [-0.1, -0.05) is 6.07 Å². The average Bonchev–Trinajstić information content (AvgIpc) is 3.10. The first kappa shape index (κ1) is 18.4. The lowest BCUT2D eigenvalue weighted by molar-refractivity contribution is -0.138. The van der Waals surface area contributed by atoms with Gasteiger partial charge in [-0.05, 0) is 30.3 Å². The number of carbonyl (C=O) groups excluding carboxylic acids is 3. The van der Waals surface area contributed by atoms with Crippen molar-refractivity contribution in [3.8, 4) is 0 Å². The maximum Gasteiger partial charge on any atom is 0.416 e. The number of halogens is 3. The molecule has 0 bridgehead atoms. The van der Waals surface area contributed by atoms with Crippen molar-refractivity contribution in [3.05, 3.63) is 54.0 Å². The summed E-state index contributed by atoms with van der Waals surface area (Å²) >= 11 is 0. The van der Waals surface area contributed by atoms with Crippen LogP contribution >= 0.6 is 0 Å². The molecule has 1 saturated heterocycles. The number of hydrogen-bond acceptors (Lipinski definition) is 5. The van der Waals surface area contributed by atoms with Gasteiger partial charge in [0, 0.05) is 6.21 Å². The number of benzene rings is 1. The first-order valence-corrected chi connectivity index (χ1v) is 7.66. The van der Waals surface area contributed by atoms with Gasteiger partial charge in [0.25, 0.3) is 5.91 Å². The van der Waals surface area contributed by atoms with Gasteiger partial charge in [0.05, 0.1) is 24.1 Å². The molecule has 0 aliphatic carbocycles. The van der Waals surface area contributed by atoms with Crippen molar-refractivity contribution in [1.29, 1.82) is 0 Å². The standard InChI is InChI=1S/C17H12F3N3O4/c18-17(19,20)10-3-1-4-11(7-10)23-15(25)13(14(24)22-16(23)26)9-21-8-12-5-2-6-27-12/h1-7,9,13H,8H2,(H,22,24,26)/t13-/m1/s1. The first-order valence-electron chi connectivity index (χ1n) is 7.66.